The van der Waals surface area contributed by atoms with E-state index in [1.54, 1.807) is 0 Å². The molecule has 0 rings (SSSR count). The minimum atomic E-state index is -0.173. The standard InChI is InChI=1S/C14H26O2/c1-3-5-6-7-8-9-10-12-14(16)13(15)11-4-2/h3-12H2,1-2H3. The normalized spacial score (nSPS) is 10.4. The van der Waals surface area contributed by atoms with E-state index < -0.39 is 0 Å². The molecule has 16 heavy (non-hydrogen) atoms. The highest BCUT2D eigenvalue weighted by Crippen LogP contribution is 2.09. The molecule has 0 amide bonds. The van der Waals surface area contributed by atoms with Gasteiger partial charge in [-0.2, -0.15) is 0 Å². The van der Waals surface area contributed by atoms with Gasteiger partial charge in [0.25, 0.3) is 0 Å². The lowest BCUT2D eigenvalue weighted by molar-refractivity contribution is -0.136. The second kappa shape index (κ2) is 10.8. The molecule has 0 bridgehead atoms. The van der Waals surface area contributed by atoms with Crippen LogP contribution < -0.4 is 0 Å². The summed E-state index contributed by atoms with van der Waals surface area (Å²) in [5.74, 6) is -0.330. The van der Waals surface area contributed by atoms with Gasteiger partial charge in [0.1, 0.15) is 0 Å². The molecule has 0 unspecified atom stereocenters. The minimum Gasteiger partial charge on any atom is -0.291 e. The largest absolute Gasteiger partial charge is 0.291 e. The van der Waals surface area contributed by atoms with Crippen molar-refractivity contribution in [3.05, 3.63) is 0 Å². The Kier molecular flexibility index (Phi) is 10.4. The van der Waals surface area contributed by atoms with Crippen molar-refractivity contribution in [2.24, 2.45) is 0 Å². The van der Waals surface area contributed by atoms with Crippen molar-refractivity contribution in [2.45, 2.75) is 78.1 Å². The Morgan fingerprint density at radius 1 is 0.625 bits per heavy atom. The van der Waals surface area contributed by atoms with E-state index in [-0.39, 0.29) is 11.6 Å². The van der Waals surface area contributed by atoms with E-state index >= 15 is 0 Å². The van der Waals surface area contributed by atoms with Gasteiger partial charge in [0, 0.05) is 12.8 Å². The fourth-order valence-corrected chi connectivity index (χ4v) is 1.75. The summed E-state index contributed by atoms with van der Waals surface area (Å²) in [5, 5.41) is 0. The van der Waals surface area contributed by atoms with Crippen LogP contribution in [0.2, 0.25) is 0 Å². The van der Waals surface area contributed by atoms with Crippen LogP contribution in [0.3, 0.4) is 0 Å². The number of carbonyl (C=O) groups is 2. The zero-order valence-electron chi connectivity index (χ0n) is 10.9. The van der Waals surface area contributed by atoms with Crippen LogP contribution in [0.25, 0.3) is 0 Å². The molecule has 0 aromatic heterocycles. The Morgan fingerprint density at radius 3 is 1.69 bits per heavy atom. The molecule has 0 aliphatic heterocycles. The number of ketones is 2. The van der Waals surface area contributed by atoms with E-state index in [1.165, 1.54) is 32.1 Å². The van der Waals surface area contributed by atoms with Gasteiger partial charge in [0.05, 0.1) is 0 Å². The number of Topliss-reactive ketones (excluding diaryl/α,β-unsaturated/α-hetero) is 2. The summed E-state index contributed by atoms with van der Waals surface area (Å²) >= 11 is 0. The summed E-state index contributed by atoms with van der Waals surface area (Å²) in [6.07, 6.45) is 10.0. The molecule has 2 nitrogen and oxygen atoms in total. The molecule has 0 atom stereocenters. The van der Waals surface area contributed by atoms with Crippen LogP contribution in [0, 0.1) is 0 Å². The van der Waals surface area contributed by atoms with E-state index in [4.69, 9.17) is 0 Å². The lowest BCUT2D eigenvalue weighted by Crippen LogP contribution is -2.12. The molecule has 0 aromatic carbocycles. The highest BCUT2D eigenvalue weighted by atomic mass is 16.2. The molecule has 0 aliphatic rings. The van der Waals surface area contributed by atoms with Crippen LogP contribution in [-0.4, -0.2) is 11.6 Å². The number of hydrogen-bond donors (Lipinski definition) is 0. The quantitative estimate of drug-likeness (QED) is 0.393. The molecular weight excluding hydrogens is 200 g/mol. The molecule has 0 spiro atoms. The fraction of sp³-hybridized carbons (Fsp3) is 0.857. The molecular formula is C14H26O2. The summed E-state index contributed by atoms with van der Waals surface area (Å²) in [7, 11) is 0. The zero-order chi connectivity index (χ0) is 12.2. The Morgan fingerprint density at radius 2 is 1.12 bits per heavy atom. The maximum absolute atomic E-state index is 11.3. The molecule has 0 fully saturated rings. The maximum Gasteiger partial charge on any atom is 0.198 e. The summed E-state index contributed by atoms with van der Waals surface area (Å²) in [6.45, 7) is 4.14. The Balaban J connectivity index is 3.31. The summed E-state index contributed by atoms with van der Waals surface area (Å²) in [5.41, 5.74) is 0. The van der Waals surface area contributed by atoms with Crippen molar-refractivity contribution in [3.8, 4) is 0 Å². The van der Waals surface area contributed by atoms with Crippen LogP contribution in [0.4, 0.5) is 0 Å². The lowest BCUT2D eigenvalue weighted by Gasteiger charge is -2.00. The van der Waals surface area contributed by atoms with Gasteiger partial charge in [-0.15, -0.1) is 0 Å². The SMILES string of the molecule is CCCCCCCCCC(=O)C(=O)CCC. The zero-order valence-corrected chi connectivity index (χ0v) is 10.9. The summed E-state index contributed by atoms with van der Waals surface area (Å²) in [4.78, 5) is 22.5. The molecule has 0 aromatic rings. The Hall–Kier alpha value is -0.660. The highest BCUT2D eigenvalue weighted by molar-refractivity contribution is 6.37. The second-order valence-electron chi connectivity index (χ2n) is 4.47. The first-order valence-electron chi connectivity index (χ1n) is 6.78. The molecule has 94 valence electrons. The first-order valence-corrected chi connectivity index (χ1v) is 6.78. The topological polar surface area (TPSA) is 34.1 Å². The molecule has 0 saturated heterocycles. The van der Waals surface area contributed by atoms with Crippen molar-refractivity contribution in [2.75, 3.05) is 0 Å². The van der Waals surface area contributed by atoms with Gasteiger partial charge in [-0.3, -0.25) is 9.59 Å². The minimum absolute atomic E-state index is 0.157. The molecule has 0 saturated carbocycles. The van der Waals surface area contributed by atoms with Crippen LogP contribution >= 0.6 is 0 Å². The second-order valence-corrected chi connectivity index (χ2v) is 4.47. The smallest absolute Gasteiger partial charge is 0.198 e. The number of carbonyl (C=O) groups excluding carboxylic acids is 2. The van der Waals surface area contributed by atoms with Gasteiger partial charge in [-0.25, -0.2) is 0 Å². The van der Waals surface area contributed by atoms with Gasteiger partial charge in [0.2, 0.25) is 0 Å². The third-order valence-electron chi connectivity index (χ3n) is 2.80. The number of rotatable bonds is 11. The van der Waals surface area contributed by atoms with E-state index in [0.29, 0.717) is 12.8 Å². The van der Waals surface area contributed by atoms with E-state index in [9.17, 15) is 9.59 Å². The van der Waals surface area contributed by atoms with Crippen molar-refractivity contribution >= 4 is 11.6 Å². The predicted octanol–water partition coefficient (Wildman–Crippen LogP) is 4.07. The van der Waals surface area contributed by atoms with E-state index in [2.05, 4.69) is 6.92 Å². The van der Waals surface area contributed by atoms with Gasteiger partial charge in [-0.1, -0.05) is 52.4 Å². The first-order chi connectivity index (χ1) is 7.72. The average Bonchev–Trinajstić information content (AvgIpc) is 2.28. The molecule has 0 heterocycles. The lowest BCUT2D eigenvalue weighted by atomic mass is 10.0. The van der Waals surface area contributed by atoms with Crippen molar-refractivity contribution < 1.29 is 9.59 Å². The fourth-order valence-electron chi connectivity index (χ4n) is 1.75. The molecule has 0 N–H and O–H groups in total. The van der Waals surface area contributed by atoms with Crippen molar-refractivity contribution in [3.63, 3.8) is 0 Å². The first kappa shape index (κ1) is 15.3. The number of hydrogen-bond acceptors (Lipinski definition) is 2. The average molecular weight is 226 g/mol. The van der Waals surface area contributed by atoms with E-state index in [0.717, 1.165) is 19.3 Å². The van der Waals surface area contributed by atoms with Crippen LogP contribution in [0.1, 0.15) is 78.1 Å². The van der Waals surface area contributed by atoms with Crippen LogP contribution in [0.5, 0.6) is 0 Å². The maximum atomic E-state index is 11.3. The van der Waals surface area contributed by atoms with E-state index in [1.807, 2.05) is 6.92 Å². The third kappa shape index (κ3) is 8.63. The molecule has 0 aliphatic carbocycles. The van der Waals surface area contributed by atoms with Gasteiger partial charge >= 0.3 is 0 Å². The van der Waals surface area contributed by atoms with Gasteiger partial charge in [0.15, 0.2) is 11.6 Å². The summed E-state index contributed by atoms with van der Waals surface area (Å²) in [6, 6.07) is 0. The van der Waals surface area contributed by atoms with Crippen LogP contribution in [-0.2, 0) is 9.59 Å². The van der Waals surface area contributed by atoms with Gasteiger partial charge in [-0.05, 0) is 12.8 Å². The summed E-state index contributed by atoms with van der Waals surface area (Å²) < 4.78 is 0. The Bertz CT molecular complexity index is 197. The number of unbranched alkanes of at least 4 members (excludes halogenated alkanes) is 6. The van der Waals surface area contributed by atoms with Gasteiger partial charge < -0.3 is 0 Å². The third-order valence-corrected chi connectivity index (χ3v) is 2.80. The van der Waals surface area contributed by atoms with Crippen molar-refractivity contribution in [1.29, 1.82) is 0 Å². The van der Waals surface area contributed by atoms with Crippen LogP contribution in [0.15, 0.2) is 0 Å². The highest BCUT2D eigenvalue weighted by Gasteiger charge is 2.11. The monoisotopic (exact) mass is 226 g/mol. The predicted molar refractivity (Wildman–Crippen MR) is 67.5 cm³/mol. The molecule has 2 heteroatoms. The van der Waals surface area contributed by atoms with Crippen molar-refractivity contribution in [1.82, 2.24) is 0 Å². The Labute approximate surface area is 99.8 Å². The molecule has 0 radical (unpaired) electrons.